The van der Waals surface area contributed by atoms with Crippen molar-refractivity contribution in [3.8, 4) is 0 Å². The highest BCUT2D eigenvalue weighted by molar-refractivity contribution is 7.10. The van der Waals surface area contributed by atoms with E-state index in [0.717, 1.165) is 32.5 Å². The number of amides is 1. The fraction of sp³-hybridized carbons (Fsp3) is 0.500. The maximum Gasteiger partial charge on any atom is 0.220 e. The van der Waals surface area contributed by atoms with Crippen LogP contribution in [0.4, 0.5) is 0 Å². The second-order valence-corrected chi connectivity index (χ2v) is 8.02. The summed E-state index contributed by atoms with van der Waals surface area (Å²) in [5, 5.41) is 7.47. The predicted octanol–water partition coefficient (Wildman–Crippen LogP) is 4.33. The summed E-state index contributed by atoms with van der Waals surface area (Å²) in [5.41, 5.74) is 1.29. The minimum atomic E-state index is 0.135. The minimum Gasteiger partial charge on any atom is -0.381 e. The molecule has 1 fully saturated rings. The standard InChI is InChI=1S/C18H23NO2S2/c1-13-8-12-23-15(13)4-5-17(20)19-18(16-3-2-11-22-16)14-6-9-21-10-7-14/h2-3,8,11-12,14,18H,4-7,9-10H2,1H3,(H,19,20). The number of hydrogen-bond donors (Lipinski definition) is 1. The van der Waals surface area contributed by atoms with E-state index in [1.165, 1.54) is 15.3 Å². The minimum absolute atomic E-state index is 0.135. The summed E-state index contributed by atoms with van der Waals surface area (Å²) in [6.07, 6.45) is 3.44. The molecule has 124 valence electrons. The Hall–Kier alpha value is -1.17. The molecular weight excluding hydrogens is 326 g/mol. The van der Waals surface area contributed by atoms with E-state index in [-0.39, 0.29) is 11.9 Å². The van der Waals surface area contributed by atoms with E-state index in [9.17, 15) is 4.79 Å². The van der Waals surface area contributed by atoms with Crippen LogP contribution >= 0.6 is 22.7 Å². The van der Waals surface area contributed by atoms with Gasteiger partial charge in [0.05, 0.1) is 6.04 Å². The Morgan fingerprint density at radius 2 is 2.13 bits per heavy atom. The van der Waals surface area contributed by atoms with Crippen LogP contribution in [0.25, 0.3) is 0 Å². The van der Waals surface area contributed by atoms with E-state index in [4.69, 9.17) is 4.74 Å². The van der Waals surface area contributed by atoms with Crippen LogP contribution in [0.5, 0.6) is 0 Å². The largest absolute Gasteiger partial charge is 0.381 e. The third-order valence-corrected chi connectivity index (χ3v) is 6.49. The first-order valence-corrected chi connectivity index (χ1v) is 9.93. The van der Waals surface area contributed by atoms with Crippen LogP contribution in [0, 0.1) is 12.8 Å². The quantitative estimate of drug-likeness (QED) is 0.843. The predicted molar refractivity (Wildman–Crippen MR) is 96.1 cm³/mol. The van der Waals surface area contributed by atoms with E-state index < -0.39 is 0 Å². The molecule has 5 heteroatoms. The molecule has 0 spiro atoms. The van der Waals surface area contributed by atoms with Crippen LogP contribution in [0.1, 0.15) is 40.6 Å². The van der Waals surface area contributed by atoms with Gasteiger partial charge in [-0.3, -0.25) is 4.79 Å². The van der Waals surface area contributed by atoms with Crippen molar-refractivity contribution in [2.75, 3.05) is 13.2 Å². The molecule has 3 rings (SSSR count). The van der Waals surface area contributed by atoms with Crippen LogP contribution in [-0.4, -0.2) is 19.1 Å². The zero-order chi connectivity index (χ0) is 16.1. The molecule has 1 atom stereocenters. The molecule has 1 unspecified atom stereocenters. The van der Waals surface area contributed by atoms with Crippen LogP contribution in [0.3, 0.4) is 0 Å². The van der Waals surface area contributed by atoms with E-state index >= 15 is 0 Å². The van der Waals surface area contributed by atoms with Gasteiger partial charge < -0.3 is 10.1 Å². The number of aryl methyl sites for hydroxylation is 2. The topological polar surface area (TPSA) is 38.3 Å². The van der Waals surface area contributed by atoms with Gasteiger partial charge in [-0.1, -0.05) is 6.07 Å². The fourth-order valence-corrected chi connectivity index (χ4v) is 4.85. The molecule has 23 heavy (non-hydrogen) atoms. The Labute approximate surface area is 145 Å². The van der Waals surface area contributed by atoms with Crippen molar-refractivity contribution in [1.82, 2.24) is 5.32 Å². The molecular formula is C18H23NO2S2. The molecule has 0 aliphatic carbocycles. The van der Waals surface area contributed by atoms with Gasteiger partial charge in [0.1, 0.15) is 0 Å². The van der Waals surface area contributed by atoms with Crippen molar-refractivity contribution >= 4 is 28.6 Å². The lowest BCUT2D eigenvalue weighted by Gasteiger charge is -2.30. The molecule has 1 N–H and O–H groups in total. The van der Waals surface area contributed by atoms with Gasteiger partial charge in [-0.2, -0.15) is 0 Å². The number of ether oxygens (including phenoxy) is 1. The first-order chi connectivity index (χ1) is 11.2. The van der Waals surface area contributed by atoms with Crippen molar-refractivity contribution in [3.63, 3.8) is 0 Å². The number of carbonyl (C=O) groups is 1. The molecule has 0 aromatic carbocycles. The number of nitrogens with one attached hydrogen (secondary N) is 1. The molecule has 1 saturated heterocycles. The van der Waals surface area contributed by atoms with Gasteiger partial charge in [-0.25, -0.2) is 0 Å². The summed E-state index contributed by atoms with van der Waals surface area (Å²) < 4.78 is 5.47. The third-order valence-electron chi connectivity index (χ3n) is 4.45. The molecule has 1 amide bonds. The molecule has 0 radical (unpaired) electrons. The Morgan fingerprint density at radius 3 is 2.78 bits per heavy atom. The van der Waals surface area contributed by atoms with Crippen LogP contribution in [0.15, 0.2) is 29.0 Å². The molecule has 0 bridgehead atoms. The van der Waals surface area contributed by atoms with E-state index in [1.807, 2.05) is 0 Å². The average molecular weight is 350 g/mol. The van der Waals surface area contributed by atoms with Crippen molar-refractivity contribution in [2.45, 2.75) is 38.6 Å². The van der Waals surface area contributed by atoms with E-state index in [1.54, 1.807) is 22.7 Å². The molecule has 1 aliphatic rings. The Bertz CT molecular complexity index is 615. The van der Waals surface area contributed by atoms with Gasteiger partial charge in [0, 0.05) is 29.4 Å². The Balaban J connectivity index is 1.61. The SMILES string of the molecule is Cc1ccsc1CCC(=O)NC(c1cccs1)C1CCOCC1. The summed E-state index contributed by atoms with van der Waals surface area (Å²) >= 11 is 3.47. The lowest BCUT2D eigenvalue weighted by atomic mass is 9.90. The molecule has 2 aromatic heterocycles. The molecule has 3 heterocycles. The van der Waals surface area contributed by atoms with Gasteiger partial charge in [0.15, 0.2) is 0 Å². The van der Waals surface area contributed by atoms with Crippen molar-refractivity contribution in [3.05, 3.63) is 44.3 Å². The number of rotatable bonds is 6. The number of carbonyl (C=O) groups excluding carboxylic acids is 1. The molecule has 2 aromatic rings. The highest BCUT2D eigenvalue weighted by Gasteiger charge is 2.27. The van der Waals surface area contributed by atoms with Crippen LogP contribution in [0.2, 0.25) is 0 Å². The van der Waals surface area contributed by atoms with Gasteiger partial charge in [0.25, 0.3) is 0 Å². The summed E-state index contributed by atoms with van der Waals surface area (Å²) in [6, 6.07) is 6.45. The van der Waals surface area contributed by atoms with Crippen molar-refractivity contribution < 1.29 is 9.53 Å². The summed E-state index contributed by atoms with van der Waals surface area (Å²) in [6.45, 7) is 3.72. The highest BCUT2D eigenvalue weighted by Crippen LogP contribution is 2.32. The highest BCUT2D eigenvalue weighted by atomic mass is 32.1. The molecule has 0 saturated carbocycles. The molecule has 1 aliphatic heterocycles. The van der Waals surface area contributed by atoms with Gasteiger partial charge in [-0.15, -0.1) is 22.7 Å². The van der Waals surface area contributed by atoms with E-state index in [2.05, 4.69) is 41.2 Å². The first kappa shape index (κ1) is 16.7. The summed E-state index contributed by atoms with van der Waals surface area (Å²) in [7, 11) is 0. The van der Waals surface area contributed by atoms with Crippen molar-refractivity contribution in [1.29, 1.82) is 0 Å². The lowest BCUT2D eigenvalue weighted by Crippen LogP contribution is -2.35. The lowest BCUT2D eigenvalue weighted by molar-refractivity contribution is -0.122. The summed E-state index contributed by atoms with van der Waals surface area (Å²) in [5.74, 6) is 0.637. The first-order valence-electron chi connectivity index (χ1n) is 8.17. The normalized spacial score (nSPS) is 17.1. The average Bonchev–Trinajstić information content (AvgIpc) is 3.23. The zero-order valence-electron chi connectivity index (χ0n) is 13.4. The fourth-order valence-electron chi connectivity index (χ4n) is 3.07. The van der Waals surface area contributed by atoms with E-state index in [0.29, 0.717) is 12.3 Å². The Morgan fingerprint density at radius 1 is 1.30 bits per heavy atom. The Kier molecular flexibility index (Phi) is 5.86. The summed E-state index contributed by atoms with van der Waals surface area (Å²) in [4.78, 5) is 15.0. The van der Waals surface area contributed by atoms with Gasteiger partial charge in [-0.05, 0) is 60.6 Å². The zero-order valence-corrected chi connectivity index (χ0v) is 15.1. The van der Waals surface area contributed by atoms with Crippen molar-refractivity contribution in [2.24, 2.45) is 5.92 Å². The maximum absolute atomic E-state index is 12.5. The number of hydrogen-bond acceptors (Lipinski definition) is 4. The van der Waals surface area contributed by atoms with Crippen LogP contribution < -0.4 is 5.32 Å². The smallest absolute Gasteiger partial charge is 0.220 e. The molecule has 3 nitrogen and oxygen atoms in total. The second kappa shape index (κ2) is 8.08. The monoisotopic (exact) mass is 349 g/mol. The third kappa shape index (κ3) is 4.43. The maximum atomic E-state index is 12.5. The van der Waals surface area contributed by atoms with Gasteiger partial charge in [0.2, 0.25) is 5.91 Å². The van der Waals surface area contributed by atoms with Gasteiger partial charge >= 0.3 is 0 Å². The van der Waals surface area contributed by atoms with Crippen LogP contribution in [-0.2, 0) is 16.0 Å². The number of thiophene rings is 2. The second-order valence-electron chi connectivity index (χ2n) is 6.04.